The van der Waals surface area contributed by atoms with Gasteiger partial charge in [0.15, 0.2) is 12.1 Å². The Morgan fingerprint density at radius 2 is 1.77 bits per heavy atom. The summed E-state index contributed by atoms with van der Waals surface area (Å²) in [7, 11) is 0. The zero-order chi connectivity index (χ0) is 20.8. The molecule has 11 heteroatoms. The lowest BCUT2D eigenvalue weighted by atomic mass is 10.1. The molecule has 9 nitrogen and oxygen atoms in total. The Balaban J connectivity index is 1.36. The second-order valence-corrected chi connectivity index (χ2v) is 7.61. The normalized spacial score (nSPS) is 20.3. The van der Waals surface area contributed by atoms with Gasteiger partial charge in [-0.1, -0.05) is 26.3 Å². The average molecular weight is 471 g/mol. The molecule has 2 amide bonds. The first-order valence-corrected chi connectivity index (χ1v) is 9.70. The molecule has 2 aliphatic heterocycles. The summed E-state index contributed by atoms with van der Waals surface area (Å²) in [4.78, 5) is 30.9. The van der Waals surface area contributed by atoms with Crippen LogP contribution in [0, 0.1) is 5.82 Å². The maximum Gasteiger partial charge on any atom is 0.263 e. The maximum atomic E-state index is 13.2. The van der Waals surface area contributed by atoms with Crippen LogP contribution < -0.4 is 4.90 Å². The zero-order valence-corrected chi connectivity index (χ0v) is 16.7. The van der Waals surface area contributed by atoms with E-state index in [0.29, 0.717) is 5.82 Å². The molecule has 0 radical (unpaired) electrons. The highest BCUT2D eigenvalue weighted by Gasteiger charge is 2.55. The van der Waals surface area contributed by atoms with Crippen molar-refractivity contribution >= 4 is 33.4 Å². The van der Waals surface area contributed by atoms with Crippen LogP contribution in [0.15, 0.2) is 67.9 Å². The highest BCUT2D eigenvalue weighted by Crippen LogP contribution is 2.32. The third-order valence-electron chi connectivity index (χ3n) is 4.81. The molecule has 2 atom stereocenters. The summed E-state index contributed by atoms with van der Waals surface area (Å²) in [6.45, 7) is 0.0183. The van der Waals surface area contributed by atoms with Crippen molar-refractivity contribution in [1.82, 2.24) is 15.1 Å². The fourth-order valence-electron chi connectivity index (χ4n) is 3.37. The first-order chi connectivity index (χ1) is 14.5. The standard InChI is InChI=1S/C19H12BrFN6O3/c20-11-3-1-10(2-4-11)17-22-14(30-24-17)9-26-16-15(23-25-26)18(28)27(19(16)29)13-7-5-12(21)6-8-13/h1-8,15-16H,9H2. The van der Waals surface area contributed by atoms with Gasteiger partial charge in [-0.2, -0.15) is 10.1 Å². The van der Waals surface area contributed by atoms with Crippen molar-refractivity contribution < 1.29 is 18.5 Å². The summed E-state index contributed by atoms with van der Waals surface area (Å²) in [6, 6.07) is 10.6. The highest BCUT2D eigenvalue weighted by atomic mass is 79.9. The number of imide groups is 1. The van der Waals surface area contributed by atoms with Crippen LogP contribution in [0.2, 0.25) is 0 Å². The van der Waals surface area contributed by atoms with E-state index in [4.69, 9.17) is 4.52 Å². The van der Waals surface area contributed by atoms with E-state index < -0.39 is 29.7 Å². The van der Waals surface area contributed by atoms with Crippen LogP contribution in [-0.2, 0) is 16.1 Å². The van der Waals surface area contributed by atoms with E-state index in [1.54, 1.807) is 0 Å². The number of carbonyl (C=O) groups is 2. The molecule has 3 heterocycles. The maximum absolute atomic E-state index is 13.2. The molecule has 5 rings (SSSR count). The fraction of sp³-hybridized carbons (Fsp3) is 0.158. The lowest BCUT2D eigenvalue weighted by Crippen LogP contribution is -2.39. The van der Waals surface area contributed by atoms with Crippen molar-refractivity contribution in [2.24, 2.45) is 10.3 Å². The summed E-state index contributed by atoms with van der Waals surface area (Å²) in [6.07, 6.45) is 0. The summed E-state index contributed by atoms with van der Waals surface area (Å²) in [5, 5.41) is 13.2. The minimum absolute atomic E-state index is 0.0183. The number of benzene rings is 2. The van der Waals surface area contributed by atoms with Gasteiger partial charge in [-0.25, -0.2) is 9.29 Å². The number of aromatic nitrogens is 2. The third-order valence-corrected chi connectivity index (χ3v) is 5.34. The number of fused-ring (bicyclic) bond motifs is 1. The van der Waals surface area contributed by atoms with Crippen molar-refractivity contribution in [3.8, 4) is 11.4 Å². The van der Waals surface area contributed by atoms with Gasteiger partial charge < -0.3 is 4.52 Å². The van der Waals surface area contributed by atoms with Crippen LogP contribution in [0.3, 0.4) is 0 Å². The first kappa shape index (κ1) is 18.6. The van der Waals surface area contributed by atoms with Gasteiger partial charge in [-0.15, -0.1) is 0 Å². The number of amides is 2. The van der Waals surface area contributed by atoms with E-state index in [9.17, 15) is 14.0 Å². The summed E-state index contributed by atoms with van der Waals surface area (Å²) in [5.74, 6) is -0.838. The topological polar surface area (TPSA) is 104 Å². The predicted octanol–water partition coefficient (Wildman–Crippen LogP) is 3.13. The van der Waals surface area contributed by atoms with E-state index in [-0.39, 0.29) is 18.1 Å². The van der Waals surface area contributed by atoms with Crippen molar-refractivity contribution in [2.45, 2.75) is 18.6 Å². The van der Waals surface area contributed by atoms with Crippen molar-refractivity contribution in [3.05, 3.63) is 64.7 Å². The minimum Gasteiger partial charge on any atom is -0.337 e. The Hall–Kier alpha value is -3.47. The molecule has 0 spiro atoms. The molecule has 0 aliphatic carbocycles. The van der Waals surface area contributed by atoms with E-state index in [2.05, 4.69) is 36.4 Å². The molecular weight excluding hydrogens is 459 g/mol. The van der Waals surface area contributed by atoms with Crippen molar-refractivity contribution in [2.75, 3.05) is 4.90 Å². The molecule has 1 aromatic heterocycles. The lowest BCUT2D eigenvalue weighted by molar-refractivity contribution is -0.123. The van der Waals surface area contributed by atoms with Crippen LogP contribution in [-0.4, -0.2) is 39.0 Å². The molecule has 0 N–H and O–H groups in total. The first-order valence-electron chi connectivity index (χ1n) is 8.90. The Bertz CT molecular complexity index is 1160. The van der Waals surface area contributed by atoms with Crippen LogP contribution in [0.1, 0.15) is 5.89 Å². The van der Waals surface area contributed by atoms with Crippen molar-refractivity contribution in [1.29, 1.82) is 0 Å². The molecule has 0 saturated carbocycles. The molecule has 2 unspecified atom stereocenters. The lowest BCUT2D eigenvalue weighted by Gasteiger charge is -2.19. The van der Waals surface area contributed by atoms with Crippen molar-refractivity contribution in [3.63, 3.8) is 0 Å². The van der Waals surface area contributed by atoms with Crippen LogP contribution in [0.4, 0.5) is 10.1 Å². The molecule has 2 aromatic carbocycles. The van der Waals surface area contributed by atoms with Crippen LogP contribution >= 0.6 is 15.9 Å². The Labute approximate surface area is 177 Å². The fourth-order valence-corrected chi connectivity index (χ4v) is 3.64. The number of rotatable bonds is 4. The number of nitrogens with zero attached hydrogens (tertiary/aromatic N) is 6. The van der Waals surface area contributed by atoms with E-state index in [1.165, 1.54) is 29.3 Å². The van der Waals surface area contributed by atoms with Gasteiger partial charge >= 0.3 is 0 Å². The molecule has 150 valence electrons. The monoisotopic (exact) mass is 470 g/mol. The van der Waals surface area contributed by atoms with Gasteiger partial charge in [0, 0.05) is 10.0 Å². The number of halogens is 2. The molecule has 0 bridgehead atoms. The predicted molar refractivity (Wildman–Crippen MR) is 104 cm³/mol. The molecule has 30 heavy (non-hydrogen) atoms. The number of hydrogen-bond acceptors (Lipinski definition) is 8. The van der Waals surface area contributed by atoms with Gasteiger partial charge in [0.05, 0.1) is 5.69 Å². The van der Waals surface area contributed by atoms with Gasteiger partial charge in [-0.3, -0.25) is 14.6 Å². The Morgan fingerprint density at radius 1 is 1.03 bits per heavy atom. The van der Waals surface area contributed by atoms with E-state index in [0.717, 1.165) is 14.9 Å². The summed E-state index contributed by atoms with van der Waals surface area (Å²) in [5.41, 5.74) is 1.05. The van der Waals surface area contributed by atoms with E-state index >= 15 is 0 Å². The molecule has 1 saturated heterocycles. The number of hydrogen-bond donors (Lipinski definition) is 0. The number of anilines is 1. The third kappa shape index (κ3) is 3.07. The van der Waals surface area contributed by atoms with Gasteiger partial charge in [0.2, 0.25) is 11.7 Å². The quantitative estimate of drug-likeness (QED) is 0.542. The van der Waals surface area contributed by atoms with Gasteiger partial charge in [0.25, 0.3) is 11.8 Å². The second kappa shape index (κ2) is 7.10. The highest BCUT2D eigenvalue weighted by molar-refractivity contribution is 9.10. The summed E-state index contributed by atoms with van der Waals surface area (Å²) >= 11 is 3.37. The Morgan fingerprint density at radius 3 is 2.50 bits per heavy atom. The molecule has 1 fully saturated rings. The van der Waals surface area contributed by atoms with Gasteiger partial charge in [-0.05, 0) is 48.5 Å². The molecular formula is C19H12BrFN6O3. The average Bonchev–Trinajstić information content (AvgIpc) is 3.43. The summed E-state index contributed by atoms with van der Waals surface area (Å²) < 4.78 is 19.4. The molecule has 2 aliphatic rings. The van der Waals surface area contributed by atoms with Gasteiger partial charge in [0.1, 0.15) is 12.4 Å². The smallest absolute Gasteiger partial charge is 0.263 e. The van der Waals surface area contributed by atoms with Crippen LogP contribution in [0.25, 0.3) is 11.4 Å². The molecule has 3 aromatic rings. The second-order valence-electron chi connectivity index (χ2n) is 6.70. The largest absolute Gasteiger partial charge is 0.337 e. The van der Waals surface area contributed by atoms with E-state index in [1.807, 2.05) is 24.3 Å². The number of carbonyl (C=O) groups excluding carboxylic acids is 2. The van der Waals surface area contributed by atoms with Crippen LogP contribution in [0.5, 0.6) is 0 Å². The zero-order valence-electron chi connectivity index (χ0n) is 15.1. The Kier molecular flexibility index (Phi) is 4.39. The SMILES string of the molecule is O=C1C2N=NN(Cc3nc(-c4ccc(Br)cc4)no3)C2C(=O)N1c1ccc(F)cc1. The minimum atomic E-state index is -0.962.